The second-order valence-electron chi connectivity index (χ2n) is 6.20. The normalized spacial score (nSPS) is 13.8. The zero-order valence-corrected chi connectivity index (χ0v) is 18.4. The van der Waals surface area contributed by atoms with E-state index in [1.807, 2.05) is 12.1 Å². The first kappa shape index (κ1) is 23.5. The number of benzene rings is 3. The van der Waals surface area contributed by atoms with Gasteiger partial charge in [-0.3, -0.25) is 0 Å². The topological polar surface area (TPSA) is 20.2 Å². The van der Waals surface area contributed by atoms with Crippen LogP contribution in [0.3, 0.4) is 0 Å². The van der Waals surface area contributed by atoms with Crippen LogP contribution in [0.5, 0.6) is 5.75 Å². The summed E-state index contributed by atoms with van der Waals surface area (Å²) >= 11 is -11.2. The van der Waals surface area contributed by atoms with Gasteiger partial charge in [0.2, 0.25) is 0 Å². The number of halogens is 6. The quantitative estimate of drug-likeness (QED) is 0.211. The van der Waals surface area contributed by atoms with Gasteiger partial charge in [0.15, 0.2) is 4.90 Å². The summed E-state index contributed by atoms with van der Waals surface area (Å²) < 4.78 is 59.6. The standard InChI is InChI=1S/C20H18OS.6FH.Sb/c21-19-11-13-20(14-12-19)22(15-17-7-3-1-4-8-17)16-18-9-5-2-6-10-18;;;;;;;/h1-14H,15-16H2;6*1H;/q;;;;;;;+5/p-5. The molecule has 3 aromatic rings. The van der Waals surface area contributed by atoms with Gasteiger partial charge in [0.1, 0.15) is 17.3 Å². The van der Waals surface area contributed by atoms with Gasteiger partial charge in [0, 0.05) is 22.0 Å². The average Bonchev–Trinajstić information content (AvgIpc) is 2.61. The SMILES string of the molecule is Oc1ccc([S+](Cc2ccccc2)Cc2ccccc2)cc1.[F][Sb-]([F])([F])([F])([F])[F]. The molecule has 0 radical (unpaired) electrons. The Labute approximate surface area is 170 Å². The fourth-order valence-corrected chi connectivity index (χ4v) is 4.55. The molecule has 3 aromatic carbocycles. The molecule has 0 atom stereocenters. The molecule has 0 aliphatic heterocycles. The number of hydrogen-bond acceptors (Lipinski definition) is 1. The summed E-state index contributed by atoms with van der Waals surface area (Å²) in [6.07, 6.45) is 0. The molecule has 0 heterocycles. The molecular formula is C20H19F6OSSb. The van der Waals surface area contributed by atoms with E-state index in [9.17, 15) is 22.0 Å². The summed E-state index contributed by atoms with van der Waals surface area (Å²) in [5, 5.41) is 9.52. The first-order valence-electron chi connectivity index (χ1n) is 8.37. The van der Waals surface area contributed by atoms with E-state index in [1.54, 1.807) is 12.1 Å². The molecule has 0 unspecified atom stereocenters. The van der Waals surface area contributed by atoms with Crippen LogP contribution in [0.2, 0.25) is 0 Å². The molecule has 3 rings (SSSR count). The maximum absolute atomic E-state index is 11.2. The molecule has 158 valence electrons. The number of phenols is 1. The van der Waals surface area contributed by atoms with Crippen molar-refractivity contribution in [1.29, 1.82) is 0 Å². The van der Waals surface area contributed by atoms with Gasteiger partial charge in [-0.05, 0) is 24.3 Å². The van der Waals surface area contributed by atoms with Crippen LogP contribution in [0.25, 0.3) is 0 Å². The summed E-state index contributed by atoms with van der Waals surface area (Å²) in [6.45, 7) is 0. The average molecular weight is 543 g/mol. The molecular weight excluding hydrogens is 524 g/mol. The first-order chi connectivity index (χ1) is 13.3. The molecule has 1 nitrogen and oxygen atoms in total. The van der Waals surface area contributed by atoms with Crippen molar-refractivity contribution in [3.05, 3.63) is 96.1 Å². The molecule has 9 heteroatoms. The second-order valence-corrected chi connectivity index (χ2v) is 13.7. The fourth-order valence-electron chi connectivity index (χ4n) is 2.41. The minimum absolute atomic E-state index is 0.0908. The zero-order chi connectivity index (χ0) is 21.6. The monoisotopic (exact) mass is 542 g/mol. The van der Waals surface area contributed by atoms with E-state index < -0.39 is 19.5 Å². The van der Waals surface area contributed by atoms with Crippen LogP contribution in [0.15, 0.2) is 89.8 Å². The molecule has 0 spiro atoms. The van der Waals surface area contributed by atoms with Crippen molar-refractivity contribution in [2.24, 2.45) is 0 Å². The van der Waals surface area contributed by atoms with E-state index in [4.69, 9.17) is 0 Å². The summed E-state index contributed by atoms with van der Waals surface area (Å²) in [5.41, 5.74) is 2.71. The third kappa shape index (κ3) is 11.7. The predicted octanol–water partition coefficient (Wildman–Crippen LogP) is 6.91. The van der Waals surface area contributed by atoms with Crippen LogP contribution in [0, 0.1) is 0 Å². The molecule has 0 aromatic heterocycles. The molecule has 1 N–H and O–H groups in total. The van der Waals surface area contributed by atoms with Gasteiger partial charge in [0.25, 0.3) is 0 Å². The Morgan fingerprint density at radius 2 is 0.931 bits per heavy atom. The number of phenolic OH excluding ortho intramolecular Hbond substituents is 1. The van der Waals surface area contributed by atoms with Crippen molar-refractivity contribution >= 4 is 30.4 Å². The zero-order valence-electron chi connectivity index (χ0n) is 15.1. The van der Waals surface area contributed by atoms with Crippen molar-refractivity contribution in [3.63, 3.8) is 0 Å². The minimum atomic E-state index is -11.2. The van der Waals surface area contributed by atoms with Gasteiger partial charge < -0.3 is 5.11 Å². The molecule has 0 aliphatic carbocycles. The van der Waals surface area contributed by atoms with Crippen molar-refractivity contribution in [1.82, 2.24) is 0 Å². The molecule has 0 fully saturated rings. The molecule has 0 aliphatic rings. The first-order valence-corrected chi connectivity index (χ1v) is 15.7. The van der Waals surface area contributed by atoms with Crippen LogP contribution in [0.1, 0.15) is 11.1 Å². The van der Waals surface area contributed by atoms with Crippen LogP contribution in [-0.2, 0) is 22.4 Å². The summed E-state index contributed by atoms with van der Waals surface area (Å²) in [7, 11) is 0.0908. The Kier molecular flexibility index (Phi) is 6.90. The van der Waals surface area contributed by atoms with Gasteiger partial charge in [0.05, 0.1) is 0 Å². The van der Waals surface area contributed by atoms with Crippen molar-refractivity contribution in [2.45, 2.75) is 16.4 Å². The maximum atomic E-state index is 9.93. The molecule has 0 amide bonds. The van der Waals surface area contributed by atoms with Gasteiger partial charge in [-0.1, -0.05) is 60.7 Å². The number of hydrogen-bond donors (Lipinski definition) is 1. The number of rotatable bonds is 5. The van der Waals surface area contributed by atoms with Crippen molar-refractivity contribution in [2.75, 3.05) is 0 Å². The van der Waals surface area contributed by atoms with Crippen LogP contribution in [-0.4, -0.2) is 24.6 Å². The van der Waals surface area contributed by atoms with E-state index in [0.717, 1.165) is 11.5 Å². The van der Waals surface area contributed by atoms with Gasteiger partial charge in [-0.2, -0.15) is 0 Å². The van der Waals surface area contributed by atoms with Crippen LogP contribution >= 0.6 is 0 Å². The van der Waals surface area contributed by atoms with E-state index in [-0.39, 0.29) is 10.9 Å². The third-order valence-corrected chi connectivity index (χ3v) is 5.84. The van der Waals surface area contributed by atoms with E-state index in [2.05, 4.69) is 60.7 Å². The second kappa shape index (κ2) is 8.52. The predicted molar refractivity (Wildman–Crippen MR) is 106 cm³/mol. The van der Waals surface area contributed by atoms with Gasteiger partial charge in [-0.15, -0.1) is 0 Å². The molecule has 0 saturated carbocycles. The molecule has 0 bridgehead atoms. The Bertz CT molecular complexity index is 848. The number of aromatic hydroxyl groups is 1. The fraction of sp³-hybridized carbons (Fsp3) is 0.100. The summed E-state index contributed by atoms with van der Waals surface area (Å²) in [4.78, 5) is 1.30. The summed E-state index contributed by atoms with van der Waals surface area (Å²) in [6, 6.07) is 28.9. The Hall–Kier alpha value is -1.79. The summed E-state index contributed by atoms with van der Waals surface area (Å²) in [5.74, 6) is 2.38. The van der Waals surface area contributed by atoms with Crippen molar-refractivity contribution in [3.8, 4) is 5.75 Å². The van der Waals surface area contributed by atoms with E-state index in [1.165, 1.54) is 16.0 Å². The van der Waals surface area contributed by atoms with Gasteiger partial charge >= 0.3 is 36.4 Å². The van der Waals surface area contributed by atoms with E-state index in [0.29, 0.717) is 5.75 Å². The van der Waals surface area contributed by atoms with Gasteiger partial charge in [-0.25, -0.2) is 0 Å². The van der Waals surface area contributed by atoms with Crippen LogP contribution in [0.4, 0.5) is 16.9 Å². The molecule has 29 heavy (non-hydrogen) atoms. The molecule has 0 saturated heterocycles. The third-order valence-electron chi connectivity index (χ3n) is 3.54. The Morgan fingerprint density at radius 1 is 0.586 bits per heavy atom. The van der Waals surface area contributed by atoms with Crippen molar-refractivity contribution < 1.29 is 22.0 Å². The van der Waals surface area contributed by atoms with Crippen LogP contribution < -0.4 is 0 Å². The Morgan fingerprint density at radius 3 is 1.28 bits per heavy atom. The Balaban J connectivity index is 0.000000370. The van der Waals surface area contributed by atoms with E-state index >= 15 is 0 Å².